The average Bonchev–Trinajstić information content (AvgIpc) is 2.72. The van der Waals surface area contributed by atoms with Gasteiger partial charge in [-0.3, -0.25) is 4.79 Å². The Bertz CT molecular complexity index is 801. The lowest BCUT2D eigenvalue weighted by Gasteiger charge is -2.18. The molecule has 4 nitrogen and oxygen atoms in total. The molecule has 1 N–H and O–H groups in total. The summed E-state index contributed by atoms with van der Waals surface area (Å²) in [6.45, 7) is 6.29. The van der Waals surface area contributed by atoms with Crippen molar-refractivity contribution in [3.8, 4) is 0 Å². The molecule has 1 aliphatic rings. The molecule has 0 aromatic heterocycles. The number of aliphatic hydroxyl groups excluding tert-OH is 1. The maximum Gasteiger partial charge on any atom is 0.309 e. The molecule has 0 fully saturated rings. The first-order valence-corrected chi connectivity index (χ1v) is 11.0. The largest absolute Gasteiger partial charge is 0.457 e. The Hall–Kier alpha value is -2.43. The van der Waals surface area contributed by atoms with Crippen molar-refractivity contribution in [2.45, 2.75) is 64.8 Å². The minimum atomic E-state index is -0.885. The second kappa shape index (κ2) is 13.1. The van der Waals surface area contributed by atoms with E-state index < -0.39 is 12.1 Å². The van der Waals surface area contributed by atoms with Crippen molar-refractivity contribution in [2.24, 2.45) is 5.92 Å². The number of methoxy groups -OCH3 is 1. The number of esters is 1. The van der Waals surface area contributed by atoms with Gasteiger partial charge in [0.05, 0.1) is 18.6 Å². The highest BCUT2D eigenvalue weighted by Gasteiger charge is 2.18. The molecule has 31 heavy (non-hydrogen) atoms. The summed E-state index contributed by atoms with van der Waals surface area (Å²) in [6.07, 6.45) is 14.7. The van der Waals surface area contributed by atoms with Gasteiger partial charge in [0.15, 0.2) is 0 Å². The molecule has 0 amide bonds. The smallest absolute Gasteiger partial charge is 0.309 e. The van der Waals surface area contributed by atoms with Crippen LogP contribution in [0.3, 0.4) is 0 Å². The number of hydrogen-bond donors (Lipinski definition) is 1. The fourth-order valence-electron chi connectivity index (χ4n) is 3.58. The van der Waals surface area contributed by atoms with E-state index >= 15 is 0 Å². The summed E-state index contributed by atoms with van der Waals surface area (Å²) in [4.78, 5) is 12.5. The van der Waals surface area contributed by atoms with E-state index in [2.05, 4.69) is 26.0 Å². The SMILES string of the molecule is CO[C@H]1C/C=C/[C@@H](O)CC(=O)O[C@@H](c2ccc(C)cc2)C/C=C/C=C/C[C@H](C)/C=C/1C. The van der Waals surface area contributed by atoms with Crippen molar-refractivity contribution in [2.75, 3.05) is 7.11 Å². The van der Waals surface area contributed by atoms with E-state index in [0.717, 1.165) is 17.5 Å². The van der Waals surface area contributed by atoms with Gasteiger partial charge in [0.1, 0.15) is 6.10 Å². The summed E-state index contributed by atoms with van der Waals surface area (Å²) >= 11 is 0. The monoisotopic (exact) mass is 424 g/mol. The molecule has 0 aliphatic carbocycles. The predicted octanol–water partition coefficient (Wildman–Crippen LogP) is 5.78. The van der Waals surface area contributed by atoms with E-state index in [1.54, 1.807) is 13.2 Å². The first-order chi connectivity index (χ1) is 14.9. The third-order valence-corrected chi connectivity index (χ3v) is 5.39. The Morgan fingerprint density at radius 3 is 2.35 bits per heavy atom. The number of allylic oxidation sites excluding steroid dienone is 4. The van der Waals surface area contributed by atoms with Gasteiger partial charge in [0.2, 0.25) is 0 Å². The molecule has 0 saturated heterocycles. The zero-order valence-corrected chi connectivity index (χ0v) is 19.2. The molecule has 0 radical (unpaired) electrons. The number of rotatable bonds is 2. The lowest BCUT2D eigenvalue weighted by molar-refractivity contribution is -0.151. The molecule has 4 heteroatoms. The van der Waals surface area contributed by atoms with Crippen LogP contribution in [0.4, 0.5) is 0 Å². The van der Waals surface area contributed by atoms with Crippen LogP contribution in [0.1, 0.15) is 56.8 Å². The Morgan fingerprint density at radius 2 is 1.68 bits per heavy atom. The number of aliphatic hydroxyl groups is 1. The minimum absolute atomic E-state index is 0.0495. The summed E-state index contributed by atoms with van der Waals surface area (Å²) < 4.78 is 11.3. The van der Waals surface area contributed by atoms with Gasteiger partial charge < -0.3 is 14.6 Å². The summed E-state index contributed by atoms with van der Waals surface area (Å²) in [7, 11) is 1.69. The topological polar surface area (TPSA) is 55.8 Å². The molecule has 0 spiro atoms. The Morgan fingerprint density at radius 1 is 1.00 bits per heavy atom. The molecule has 1 aromatic carbocycles. The van der Waals surface area contributed by atoms with Gasteiger partial charge >= 0.3 is 5.97 Å². The van der Waals surface area contributed by atoms with E-state index in [4.69, 9.17) is 9.47 Å². The molecular formula is C27H36O4. The van der Waals surface area contributed by atoms with E-state index in [0.29, 0.717) is 18.8 Å². The third kappa shape index (κ3) is 9.07. The standard InChI is InChI=1S/C27H36O4/c1-20-14-16-23(17-15-20)26-12-8-6-5-7-10-21(2)18-22(3)25(30-4)13-9-11-24(28)19-27(29)31-26/h5-9,11,14-18,21,24-26,28H,10,12-13,19H2,1-4H3/b7-5+,8-6+,11-9+,22-18+/t21-,24+,25-,26+/m0/s1. The van der Waals surface area contributed by atoms with Crippen molar-refractivity contribution >= 4 is 5.97 Å². The molecule has 2 rings (SSSR count). The highest BCUT2D eigenvalue weighted by molar-refractivity contribution is 5.70. The maximum absolute atomic E-state index is 12.5. The number of hydrogen-bond acceptors (Lipinski definition) is 4. The molecule has 168 valence electrons. The van der Waals surface area contributed by atoms with E-state index in [1.807, 2.05) is 55.5 Å². The second-order valence-electron chi connectivity index (χ2n) is 8.26. The summed E-state index contributed by atoms with van der Waals surface area (Å²) in [5, 5.41) is 10.3. The van der Waals surface area contributed by atoms with Crippen LogP contribution in [-0.4, -0.2) is 30.4 Å². The average molecular weight is 425 g/mol. The third-order valence-electron chi connectivity index (χ3n) is 5.39. The molecule has 0 saturated carbocycles. The molecule has 4 atom stereocenters. The van der Waals surface area contributed by atoms with Crippen LogP contribution in [0.2, 0.25) is 0 Å². The highest BCUT2D eigenvalue weighted by atomic mass is 16.5. The van der Waals surface area contributed by atoms with Crippen LogP contribution in [0, 0.1) is 12.8 Å². The van der Waals surface area contributed by atoms with Crippen LogP contribution >= 0.6 is 0 Å². The van der Waals surface area contributed by atoms with Crippen LogP contribution < -0.4 is 0 Å². The molecule has 1 aromatic rings. The van der Waals surface area contributed by atoms with Crippen LogP contribution in [0.5, 0.6) is 0 Å². The number of carbonyl (C=O) groups excluding carboxylic acids is 1. The van der Waals surface area contributed by atoms with Crippen molar-refractivity contribution in [1.29, 1.82) is 0 Å². The van der Waals surface area contributed by atoms with Crippen molar-refractivity contribution < 1.29 is 19.4 Å². The van der Waals surface area contributed by atoms with Crippen molar-refractivity contribution in [1.82, 2.24) is 0 Å². The van der Waals surface area contributed by atoms with Gasteiger partial charge in [-0.15, -0.1) is 0 Å². The van der Waals surface area contributed by atoms with Crippen molar-refractivity contribution in [3.05, 3.63) is 83.5 Å². The number of carbonyl (C=O) groups is 1. The first kappa shape index (κ1) is 24.8. The van der Waals surface area contributed by atoms with Gasteiger partial charge in [-0.1, -0.05) is 79.3 Å². The summed E-state index contributed by atoms with van der Waals surface area (Å²) in [5.41, 5.74) is 3.27. The van der Waals surface area contributed by atoms with E-state index in [9.17, 15) is 9.90 Å². The van der Waals surface area contributed by atoms with Gasteiger partial charge in [0, 0.05) is 13.5 Å². The summed E-state index contributed by atoms with van der Waals surface area (Å²) in [6, 6.07) is 8.00. The quantitative estimate of drug-likeness (QED) is 0.483. The molecule has 1 aliphatic heterocycles. The van der Waals surface area contributed by atoms with Crippen LogP contribution in [0.25, 0.3) is 0 Å². The lowest BCUT2D eigenvalue weighted by atomic mass is 9.99. The summed E-state index contributed by atoms with van der Waals surface area (Å²) in [5.74, 6) is -0.0157. The number of benzene rings is 1. The Labute approximate surface area is 187 Å². The first-order valence-electron chi connectivity index (χ1n) is 11.0. The molecule has 0 unspecified atom stereocenters. The van der Waals surface area contributed by atoms with Gasteiger partial charge in [-0.25, -0.2) is 0 Å². The number of aryl methyl sites for hydroxylation is 1. The highest BCUT2D eigenvalue weighted by Crippen LogP contribution is 2.24. The molecule has 0 bridgehead atoms. The number of ether oxygens (including phenoxy) is 2. The van der Waals surface area contributed by atoms with E-state index in [1.165, 1.54) is 5.57 Å². The Balaban J connectivity index is 2.20. The minimum Gasteiger partial charge on any atom is -0.457 e. The van der Waals surface area contributed by atoms with Gasteiger partial charge in [-0.2, -0.15) is 0 Å². The van der Waals surface area contributed by atoms with Crippen molar-refractivity contribution in [3.63, 3.8) is 0 Å². The van der Waals surface area contributed by atoms with E-state index in [-0.39, 0.29) is 18.6 Å². The lowest BCUT2D eigenvalue weighted by Crippen LogP contribution is -2.17. The zero-order chi connectivity index (χ0) is 22.6. The van der Waals surface area contributed by atoms with Gasteiger partial charge in [-0.05, 0) is 43.7 Å². The van der Waals surface area contributed by atoms with Crippen LogP contribution in [0.15, 0.2) is 72.4 Å². The normalized spacial score (nSPS) is 31.4. The number of cyclic esters (lactones) is 1. The Kier molecular flexibility index (Phi) is 10.5. The molecular weight excluding hydrogens is 388 g/mol. The maximum atomic E-state index is 12.5. The fourth-order valence-corrected chi connectivity index (χ4v) is 3.58. The predicted molar refractivity (Wildman–Crippen MR) is 126 cm³/mol. The second-order valence-corrected chi connectivity index (χ2v) is 8.26. The van der Waals surface area contributed by atoms with Crippen LogP contribution in [-0.2, 0) is 14.3 Å². The molecule has 1 heterocycles. The fraction of sp³-hybridized carbons (Fsp3) is 0.444. The zero-order valence-electron chi connectivity index (χ0n) is 19.2. The van der Waals surface area contributed by atoms with Gasteiger partial charge in [0.25, 0.3) is 0 Å².